The molecule has 0 saturated heterocycles. The maximum absolute atomic E-state index is 13.0. The highest BCUT2D eigenvalue weighted by molar-refractivity contribution is 6.09. The Hall–Kier alpha value is -4.77. The van der Waals surface area contributed by atoms with Crippen molar-refractivity contribution >= 4 is 28.4 Å². The highest BCUT2D eigenvalue weighted by Gasteiger charge is 2.30. The van der Waals surface area contributed by atoms with Crippen LogP contribution < -0.4 is 14.8 Å². The smallest absolute Gasteiger partial charge is 0.416 e. The molecule has 0 aliphatic heterocycles. The topological polar surface area (TPSA) is 71.3 Å². The lowest BCUT2D eigenvalue weighted by Crippen LogP contribution is -2.14. The van der Waals surface area contributed by atoms with Gasteiger partial charge in [-0.1, -0.05) is 54.6 Å². The minimum atomic E-state index is -4.55. The van der Waals surface area contributed by atoms with E-state index in [0.717, 1.165) is 28.5 Å². The van der Waals surface area contributed by atoms with Crippen molar-refractivity contribution < 1.29 is 27.4 Å². The lowest BCUT2D eigenvalue weighted by Gasteiger charge is -2.14. The predicted octanol–water partition coefficient (Wildman–Crippen LogP) is 7.38. The fraction of sp³-hybridized carbons (Fsp3) is 0.133. The van der Waals surface area contributed by atoms with Gasteiger partial charge >= 0.3 is 6.18 Å². The zero-order chi connectivity index (χ0) is 27.1. The molecule has 4 rings (SSSR count). The third-order valence-electron chi connectivity index (χ3n) is 5.65. The monoisotopic (exact) mass is 516 g/mol. The number of halogens is 3. The third-order valence-corrected chi connectivity index (χ3v) is 5.65. The van der Waals surface area contributed by atoms with Gasteiger partial charge in [0, 0.05) is 5.69 Å². The number of ether oxygens (including phenoxy) is 2. The van der Waals surface area contributed by atoms with Crippen LogP contribution in [-0.2, 0) is 17.6 Å². The highest BCUT2D eigenvalue weighted by Crippen LogP contribution is 2.32. The minimum Gasteiger partial charge on any atom is -0.490 e. The van der Waals surface area contributed by atoms with E-state index in [0.29, 0.717) is 30.3 Å². The molecule has 1 amide bonds. The van der Waals surface area contributed by atoms with Gasteiger partial charge in [0.15, 0.2) is 11.5 Å². The van der Waals surface area contributed by atoms with Crippen molar-refractivity contribution in [3.63, 3.8) is 0 Å². The lowest BCUT2D eigenvalue weighted by molar-refractivity contribution is -0.137. The van der Waals surface area contributed by atoms with E-state index in [1.807, 2.05) is 49.4 Å². The number of alkyl halides is 3. The molecule has 4 aromatic rings. The van der Waals surface area contributed by atoms with Crippen LogP contribution in [0.2, 0.25) is 0 Å². The molecule has 0 fully saturated rings. The number of hydrogen-bond donors (Lipinski definition) is 1. The van der Waals surface area contributed by atoms with Gasteiger partial charge in [0.1, 0.15) is 18.2 Å². The molecular weight excluding hydrogens is 493 g/mol. The number of nitrogens with one attached hydrogen (secondary N) is 1. The van der Waals surface area contributed by atoms with Crippen molar-refractivity contribution in [3.05, 3.63) is 107 Å². The molecule has 0 heterocycles. The average molecular weight is 517 g/mol. The van der Waals surface area contributed by atoms with Gasteiger partial charge in [0.25, 0.3) is 5.91 Å². The third kappa shape index (κ3) is 6.31. The van der Waals surface area contributed by atoms with Crippen LogP contribution in [0, 0.1) is 11.3 Å². The fourth-order valence-corrected chi connectivity index (χ4v) is 3.86. The number of fused-ring (bicyclic) bond motifs is 1. The number of anilines is 1. The van der Waals surface area contributed by atoms with E-state index in [-0.39, 0.29) is 11.3 Å². The number of amides is 1. The highest BCUT2D eigenvalue weighted by atomic mass is 19.4. The first-order chi connectivity index (χ1) is 18.3. The molecule has 4 aromatic carbocycles. The fourth-order valence-electron chi connectivity index (χ4n) is 3.86. The summed E-state index contributed by atoms with van der Waals surface area (Å²) in [5.74, 6) is 0.0852. The van der Waals surface area contributed by atoms with Gasteiger partial charge in [-0.05, 0) is 65.2 Å². The van der Waals surface area contributed by atoms with Crippen molar-refractivity contribution in [1.82, 2.24) is 0 Å². The summed E-state index contributed by atoms with van der Waals surface area (Å²) in [6.45, 7) is 2.48. The Bertz CT molecular complexity index is 1530. The Morgan fingerprint density at radius 3 is 2.47 bits per heavy atom. The van der Waals surface area contributed by atoms with Crippen LogP contribution in [0.15, 0.2) is 90.5 Å². The Kier molecular flexibility index (Phi) is 7.97. The summed E-state index contributed by atoms with van der Waals surface area (Å²) in [4.78, 5) is 12.6. The molecule has 5 nitrogen and oxygen atoms in total. The van der Waals surface area contributed by atoms with E-state index in [1.165, 1.54) is 18.2 Å². The molecule has 0 aliphatic rings. The summed E-state index contributed by atoms with van der Waals surface area (Å²) in [6, 6.07) is 25.0. The summed E-state index contributed by atoms with van der Waals surface area (Å²) < 4.78 is 50.7. The molecule has 38 heavy (non-hydrogen) atoms. The maximum atomic E-state index is 13.0. The average Bonchev–Trinajstić information content (AvgIpc) is 2.91. The normalized spacial score (nSPS) is 11.6. The van der Waals surface area contributed by atoms with Crippen molar-refractivity contribution in [3.8, 4) is 17.6 Å². The number of rotatable bonds is 8. The van der Waals surface area contributed by atoms with Gasteiger partial charge in [0.2, 0.25) is 0 Å². The number of carbonyl (C=O) groups is 1. The van der Waals surface area contributed by atoms with Crippen LogP contribution >= 0.6 is 0 Å². The summed E-state index contributed by atoms with van der Waals surface area (Å²) >= 11 is 0. The minimum absolute atomic E-state index is 0.0711. The molecule has 1 N–H and O–H groups in total. The SMILES string of the molecule is CCOc1cc(/C=C(\C#N)C(=O)Nc2cccc(C(F)(F)F)c2)ccc1OCc1cccc2ccccc12. The molecular formula is C30H23F3N2O3. The van der Waals surface area contributed by atoms with Crippen LogP contribution in [-0.4, -0.2) is 12.5 Å². The second-order valence-electron chi connectivity index (χ2n) is 8.27. The number of hydrogen-bond acceptors (Lipinski definition) is 4. The first kappa shape index (κ1) is 26.3. The van der Waals surface area contributed by atoms with E-state index in [4.69, 9.17) is 9.47 Å². The zero-order valence-electron chi connectivity index (χ0n) is 20.4. The van der Waals surface area contributed by atoms with Gasteiger partial charge in [-0.2, -0.15) is 18.4 Å². The van der Waals surface area contributed by atoms with Gasteiger partial charge in [-0.3, -0.25) is 4.79 Å². The maximum Gasteiger partial charge on any atom is 0.416 e. The second-order valence-corrected chi connectivity index (χ2v) is 8.27. The summed E-state index contributed by atoms with van der Waals surface area (Å²) in [6.07, 6.45) is -3.22. The summed E-state index contributed by atoms with van der Waals surface area (Å²) in [5, 5.41) is 14.1. The second kappa shape index (κ2) is 11.5. The van der Waals surface area contributed by atoms with Gasteiger partial charge in [-0.15, -0.1) is 0 Å². The first-order valence-electron chi connectivity index (χ1n) is 11.7. The zero-order valence-corrected chi connectivity index (χ0v) is 20.4. The Balaban J connectivity index is 1.53. The number of benzene rings is 4. The van der Waals surface area contributed by atoms with Crippen molar-refractivity contribution in [2.75, 3.05) is 11.9 Å². The van der Waals surface area contributed by atoms with Crippen LogP contribution in [0.4, 0.5) is 18.9 Å². The number of nitriles is 1. The molecule has 0 bridgehead atoms. The predicted molar refractivity (Wildman–Crippen MR) is 140 cm³/mol. The molecule has 8 heteroatoms. The van der Waals surface area contributed by atoms with E-state index >= 15 is 0 Å². The van der Waals surface area contributed by atoms with Crippen LogP contribution in [0.1, 0.15) is 23.6 Å². The molecule has 0 aliphatic carbocycles. The van der Waals surface area contributed by atoms with Gasteiger partial charge in [0.05, 0.1) is 12.2 Å². The van der Waals surface area contributed by atoms with E-state index in [1.54, 1.807) is 24.3 Å². The molecule has 192 valence electrons. The molecule has 0 spiro atoms. The first-order valence-corrected chi connectivity index (χ1v) is 11.7. The summed E-state index contributed by atoms with van der Waals surface area (Å²) in [7, 11) is 0. The van der Waals surface area contributed by atoms with Crippen LogP contribution in [0.25, 0.3) is 16.8 Å². The largest absolute Gasteiger partial charge is 0.490 e. The standard InChI is InChI=1S/C30H23F3N2O3/c1-2-37-28-16-20(13-14-27(28)38-19-22-9-5-8-21-7-3-4-12-26(21)22)15-23(18-34)29(36)35-25-11-6-10-24(17-25)30(31,32)33/h3-17H,2,19H2,1H3,(H,35,36)/b23-15+. The molecule has 0 unspecified atom stereocenters. The Morgan fingerprint density at radius 1 is 0.947 bits per heavy atom. The van der Waals surface area contributed by atoms with Crippen LogP contribution in [0.5, 0.6) is 11.5 Å². The van der Waals surface area contributed by atoms with Gasteiger partial charge < -0.3 is 14.8 Å². The van der Waals surface area contributed by atoms with Crippen molar-refractivity contribution in [2.45, 2.75) is 19.7 Å². The lowest BCUT2D eigenvalue weighted by atomic mass is 10.1. The molecule has 0 atom stereocenters. The molecule has 0 radical (unpaired) electrons. The summed E-state index contributed by atoms with van der Waals surface area (Å²) in [5.41, 5.74) is 0.236. The number of carbonyl (C=O) groups excluding carboxylic acids is 1. The Morgan fingerprint density at radius 2 is 1.71 bits per heavy atom. The molecule has 0 aromatic heterocycles. The molecule has 0 saturated carbocycles. The van der Waals surface area contributed by atoms with Gasteiger partial charge in [-0.25, -0.2) is 0 Å². The Labute approximate surface area is 217 Å². The van der Waals surface area contributed by atoms with E-state index < -0.39 is 17.6 Å². The quantitative estimate of drug-likeness (QED) is 0.196. The van der Waals surface area contributed by atoms with E-state index in [2.05, 4.69) is 5.32 Å². The van der Waals surface area contributed by atoms with Crippen molar-refractivity contribution in [1.29, 1.82) is 5.26 Å². The van der Waals surface area contributed by atoms with E-state index in [9.17, 15) is 23.2 Å². The van der Waals surface area contributed by atoms with Crippen LogP contribution in [0.3, 0.4) is 0 Å². The number of nitrogens with zero attached hydrogens (tertiary/aromatic N) is 1. The van der Waals surface area contributed by atoms with Crippen molar-refractivity contribution in [2.24, 2.45) is 0 Å².